The minimum absolute atomic E-state index is 0.330. The van der Waals surface area contributed by atoms with Crippen LogP contribution < -0.4 is 4.90 Å². The Morgan fingerprint density at radius 2 is 1.91 bits per heavy atom. The molecule has 22 heavy (non-hydrogen) atoms. The van der Waals surface area contributed by atoms with Gasteiger partial charge in [0.05, 0.1) is 0 Å². The SMILES string of the molecule is O=C([C@H]1C[C@H]2CC[C@H]1C2)N1CCN(c2cccc(Cl)c2)CC1. The third-order valence-corrected chi connectivity index (χ3v) is 6.06. The molecule has 0 spiro atoms. The van der Waals surface area contributed by atoms with Crippen molar-refractivity contribution < 1.29 is 4.79 Å². The summed E-state index contributed by atoms with van der Waals surface area (Å²) in [5, 5.41) is 0.776. The molecule has 0 aromatic heterocycles. The maximum absolute atomic E-state index is 12.8. The van der Waals surface area contributed by atoms with Gasteiger partial charge >= 0.3 is 0 Å². The number of amides is 1. The van der Waals surface area contributed by atoms with Crippen molar-refractivity contribution in [2.45, 2.75) is 25.7 Å². The maximum Gasteiger partial charge on any atom is 0.226 e. The van der Waals surface area contributed by atoms with Crippen LogP contribution in [0.2, 0.25) is 5.02 Å². The average molecular weight is 319 g/mol. The Morgan fingerprint density at radius 3 is 2.55 bits per heavy atom. The predicted molar refractivity (Wildman–Crippen MR) is 89.2 cm³/mol. The lowest BCUT2D eigenvalue weighted by Crippen LogP contribution is -2.51. The number of halogens is 1. The molecular formula is C18H23ClN2O. The van der Waals surface area contributed by atoms with Crippen molar-refractivity contribution in [2.75, 3.05) is 31.1 Å². The highest BCUT2D eigenvalue weighted by Gasteiger charge is 2.44. The molecule has 0 unspecified atom stereocenters. The van der Waals surface area contributed by atoms with E-state index in [1.165, 1.54) is 24.9 Å². The highest BCUT2D eigenvalue weighted by molar-refractivity contribution is 6.30. The lowest BCUT2D eigenvalue weighted by Gasteiger charge is -2.38. The summed E-state index contributed by atoms with van der Waals surface area (Å²) in [6, 6.07) is 8.00. The second-order valence-electron chi connectivity index (χ2n) is 7.07. The lowest BCUT2D eigenvalue weighted by molar-refractivity contribution is -0.137. The maximum atomic E-state index is 12.8. The summed E-state index contributed by atoms with van der Waals surface area (Å²) in [7, 11) is 0. The summed E-state index contributed by atoms with van der Waals surface area (Å²) < 4.78 is 0. The van der Waals surface area contributed by atoms with Gasteiger partial charge in [0.25, 0.3) is 0 Å². The molecule has 1 aliphatic heterocycles. The van der Waals surface area contributed by atoms with Crippen LogP contribution in [-0.2, 0) is 4.79 Å². The Bertz CT molecular complexity index is 568. The van der Waals surface area contributed by atoms with Crippen LogP contribution in [0.25, 0.3) is 0 Å². The molecule has 1 saturated heterocycles. The molecule has 3 fully saturated rings. The molecule has 3 atom stereocenters. The van der Waals surface area contributed by atoms with Gasteiger partial charge in [0, 0.05) is 42.8 Å². The number of carbonyl (C=O) groups excluding carboxylic acids is 1. The molecule has 4 rings (SSSR count). The highest BCUT2D eigenvalue weighted by atomic mass is 35.5. The zero-order chi connectivity index (χ0) is 15.1. The summed E-state index contributed by atoms with van der Waals surface area (Å²) in [4.78, 5) is 17.2. The number of nitrogens with zero attached hydrogens (tertiary/aromatic N) is 2. The molecule has 1 aromatic carbocycles. The number of hydrogen-bond donors (Lipinski definition) is 0. The quantitative estimate of drug-likeness (QED) is 0.834. The first-order chi connectivity index (χ1) is 10.7. The summed E-state index contributed by atoms with van der Waals surface area (Å²) in [5.74, 6) is 2.28. The Morgan fingerprint density at radius 1 is 1.09 bits per heavy atom. The minimum Gasteiger partial charge on any atom is -0.368 e. The van der Waals surface area contributed by atoms with Gasteiger partial charge in [-0.25, -0.2) is 0 Å². The van der Waals surface area contributed by atoms with Gasteiger partial charge in [-0.2, -0.15) is 0 Å². The first kappa shape index (κ1) is 14.4. The Labute approximate surface area is 137 Å². The van der Waals surface area contributed by atoms with Crippen LogP contribution >= 0.6 is 11.6 Å². The summed E-state index contributed by atoms with van der Waals surface area (Å²) in [5.41, 5.74) is 1.17. The van der Waals surface area contributed by atoms with E-state index < -0.39 is 0 Å². The molecule has 0 N–H and O–H groups in total. The molecule has 2 aliphatic carbocycles. The molecule has 1 amide bonds. The van der Waals surface area contributed by atoms with E-state index in [1.807, 2.05) is 18.2 Å². The monoisotopic (exact) mass is 318 g/mol. The van der Waals surface area contributed by atoms with E-state index in [-0.39, 0.29) is 0 Å². The van der Waals surface area contributed by atoms with Gasteiger partial charge in [-0.3, -0.25) is 4.79 Å². The smallest absolute Gasteiger partial charge is 0.226 e. The zero-order valence-corrected chi connectivity index (χ0v) is 13.6. The molecule has 118 valence electrons. The largest absolute Gasteiger partial charge is 0.368 e. The van der Waals surface area contributed by atoms with Crippen molar-refractivity contribution in [3.8, 4) is 0 Å². The molecule has 3 nitrogen and oxygen atoms in total. The van der Waals surface area contributed by atoms with E-state index in [4.69, 9.17) is 11.6 Å². The minimum atomic E-state index is 0.330. The fourth-order valence-corrected chi connectivity index (χ4v) is 4.82. The van der Waals surface area contributed by atoms with Gasteiger partial charge < -0.3 is 9.80 Å². The number of piperazine rings is 1. The number of anilines is 1. The van der Waals surface area contributed by atoms with Crippen LogP contribution in [0.1, 0.15) is 25.7 Å². The third kappa shape index (κ3) is 2.60. The Balaban J connectivity index is 1.36. The van der Waals surface area contributed by atoms with Gasteiger partial charge in [0.15, 0.2) is 0 Å². The van der Waals surface area contributed by atoms with Crippen LogP contribution in [0.15, 0.2) is 24.3 Å². The van der Waals surface area contributed by atoms with Gasteiger partial charge in [0.2, 0.25) is 5.91 Å². The van der Waals surface area contributed by atoms with Crippen LogP contribution in [0.3, 0.4) is 0 Å². The fourth-order valence-electron chi connectivity index (χ4n) is 4.64. The summed E-state index contributed by atoms with van der Waals surface area (Å²) >= 11 is 6.07. The van der Waals surface area contributed by atoms with Crippen molar-refractivity contribution in [3.05, 3.63) is 29.3 Å². The van der Waals surface area contributed by atoms with Crippen LogP contribution in [0.5, 0.6) is 0 Å². The van der Waals surface area contributed by atoms with Gasteiger partial charge in [0.1, 0.15) is 0 Å². The second-order valence-corrected chi connectivity index (χ2v) is 7.51. The van der Waals surface area contributed by atoms with Crippen molar-refractivity contribution in [3.63, 3.8) is 0 Å². The zero-order valence-electron chi connectivity index (χ0n) is 12.9. The number of benzene rings is 1. The molecule has 1 heterocycles. The molecular weight excluding hydrogens is 296 g/mol. The van der Waals surface area contributed by atoms with E-state index >= 15 is 0 Å². The number of rotatable bonds is 2. The van der Waals surface area contributed by atoms with E-state index in [0.29, 0.717) is 17.7 Å². The summed E-state index contributed by atoms with van der Waals surface area (Å²) in [6.45, 7) is 3.51. The van der Waals surface area contributed by atoms with Gasteiger partial charge in [-0.05, 0) is 49.3 Å². The van der Waals surface area contributed by atoms with Crippen LogP contribution in [0.4, 0.5) is 5.69 Å². The van der Waals surface area contributed by atoms with E-state index in [1.54, 1.807) is 0 Å². The Hall–Kier alpha value is -1.22. The molecule has 2 bridgehead atoms. The number of carbonyl (C=O) groups is 1. The second kappa shape index (κ2) is 5.77. The van der Waals surface area contributed by atoms with Crippen molar-refractivity contribution in [1.29, 1.82) is 0 Å². The summed E-state index contributed by atoms with van der Waals surface area (Å²) in [6.07, 6.45) is 5.09. The molecule has 1 aromatic rings. The third-order valence-electron chi connectivity index (χ3n) is 5.82. The first-order valence-electron chi connectivity index (χ1n) is 8.50. The van der Waals surface area contributed by atoms with E-state index in [9.17, 15) is 4.79 Å². The first-order valence-corrected chi connectivity index (χ1v) is 8.88. The van der Waals surface area contributed by atoms with E-state index in [2.05, 4.69) is 15.9 Å². The molecule has 3 aliphatic rings. The average Bonchev–Trinajstić information content (AvgIpc) is 3.17. The van der Waals surface area contributed by atoms with Crippen molar-refractivity contribution >= 4 is 23.2 Å². The van der Waals surface area contributed by atoms with E-state index in [0.717, 1.165) is 43.5 Å². The highest BCUT2D eigenvalue weighted by Crippen LogP contribution is 2.48. The number of fused-ring (bicyclic) bond motifs is 2. The Kier molecular flexibility index (Phi) is 3.77. The fraction of sp³-hybridized carbons (Fsp3) is 0.611. The molecule has 4 heteroatoms. The topological polar surface area (TPSA) is 23.6 Å². The van der Waals surface area contributed by atoms with Crippen molar-refractivity contribution in [1.82, 2.24) is 4.90 Å². The van der Waals surface area contributed by atoms with Gasteiger partial charge in [-0.1, -0.05) is 24.1 Å². The standard InChI is InChI=1S/C18H23ClN2O/c19-15-2-1-3-16(12-15)20-6-8-21(9-7-20)18(22)17-11-13-4-5-14(17)10-13/h1-3,12-14,17H,4-11H2/t13-,14-,17-/m0/s1. The van der Waals surface area contributed by atoms with Crippen LogP contribution in [-0.4, -0.2) is 37.0 Å². The number of hydrogen-bond acceptors (Lipinski definition) is 2. The lowest BCUT2D eigenvalue weighted by atomic mass is 9.87. The normalized spacial score (nSPS) is 30.9. The van der Waals surface area contributed by atoms with Crippen LogP contribution in [0, 0.1) is 17.8 Å². The van der Waals surface area contributed by atoms with Crippen molar-refractivity contribution in [2.24, 2.45) is 17.8 Å². The molecule has 0 radical (unpaired) electrons. The predicted octanol–water partition coefficient (Wildman–Crippen LogP) is 3.42. The molecule has 2 saturated carbocycles. The van der Waals surface area contributed by atoms with Gasteiger partial charge in [-0.15, -0.1) is 0 Å².